The average molecular weight is 264 g/mol. The number of esters is 1. The Kier molecular flexibility index (Phi) is 3.93. The fourth-order valence-corrected chi connectivity index (χ4v) is 2.53. The van der Waals surface area contributed by atoms with E-state index >= 15 is 0 Å². The predicted octanol–water partition coefficient (Wildman–Crippen LogP) is 1.50. The molecular formula is C14H20N2O3. The Balaban J connectivity index is 2.25. The van der Waals surface area contributed by atoms with Crippen molar-refractivity contribution in [2.75, 3.05) is 13.7 Å². The van der Waals surface area contributed by atoms with Crippen LogP contribution in [0.3, 0.4) is 0 Å². The van der Waals surface area contributed by atoms with E-state index < -0.39 is 6.04 Å². The second kappa shape index (κ2) is 5.47. The Labute approximate surface area is 113 Å². The number of ether oxygens (including phenoxy) is 1. The van der Waals surface area contributed by atoms with Crippen LogP contribution in [0.15, 0.2) is 12.1 Å². The molecule has 2 heterocycles. The van der Waals surface area contributed by atoms with E-state index in [1.165, 1.54) is 7.11 Å². The third-order valence-corrected chi connectivity index (χ3v) is 3.83. The van der Waals surface area contributed by atoms with Crippen molar-refractivity contribution in [3.05, 3.63) is 23.5 Å². The third-order valence-electron chi connectivity index (χ3n) is 3.83. The molecule has 5 nitrogen and oxygen atoms in total. The highest BCUT2D eigenvalue weighted by atomic mass is 16.5. The summed E-state index contributed by atoms with van der Waals surface area (Å²) in [6.07, 6.45) is 2.57. The largest absolute Gasteiger partial charge is 0.467 e. The molecule has 1 amide bonds. The minimum absolute atomic E-state index is 0.0919. The van der Waals surface area contributed by atoms with E-state index in [0.29, 0.717) is 18.7 Å². The van der Waals surface area contributed by atoms with Gasteiger partial charge in [-0.15, -0.1) is 0 Å². The molecule has 1 aromatic heterocycles. The van der Waals surface area contributed by atoms with Crippen LogP contribution in [0.25, 0.3) is 0 Å². The van der Waals surface area contributed by atoms with E-state index in [1.807, 2.05) is 24.6 Å². The average Bonchev–Trinajstić information content (AvgIpc) is 2.77. The van der Waals surface area contributed by atoms with E-state index in [4.69, 9.17) is 4.74 Å². The van der Waals surface area contributed by atoms with E-state index in [2.05, 4.69) is 0 Å². The smallest absolute Gasteiger partial charge is 0.328 e. The zero-order valence-corrected chi connectivity index (χ0v) is 11.7. The van der Waals surface area contributed by atoms with Crippen LogP contribution in [0.2, 0.25) is 0 Å². The molecule has 0 aromatic carbocycles. The molecule has 0 spiro atoms. The molecule has 1 aromatic rings. The summed E-state index contributed by atoms with van der Waals surface area (Å²) in [6.45, 7) is 2.56. The van der Waals surface area contributed by atoms with Crippen molar-refractivity contribution in [3.63, 3.8) is 0 Å². The van der Waals surface area contributed by atoms with Gasteiger partial charge in [-0.3, -0.25) is 4.79 Å². The Hall–Kier alpha value is -1.78. The summed E-state index contributed by atoms with van der Waals surface area (Å²) in [4.78, 5) is 26.0. The maximum absolute atomic E-state index is 12.6. The van der Waals surface area contributed by atoms with Gasteiger partial charge in [0.1, 0.15) is 11.7 Å². The van der Waals surface area contributed by atoms with Crippen molar-refractivity contribution >= 4 is 11.9 Å². The topological polar surface area (TPSA) is 51.5 Å². The van der Waals surface area contributed by atoms with Crippen LogP contribution in [0.4, 0.5) is 0 Å². The maximum Gasteiger partial charge on any atom is 0.328 e. The highest BCUT2D eigenvalue weighted by Crippen LogP contribution is 2.21. The minimum atomic E-state index is -0.443. The Morgan fingerprint density at radius 3 is 2.63 bits per heavy atom. The minimum Gasteiger partial charge on any atom is -0.467 e. The number of nitrogens with zero attached hydrogens (tertiary/aromatic N) is 2. The summed E-state index contributed by atoms with van der Waals surface area (Å²) in [5.74, 6) is -0.412. The second-order valence-electron chi connectivity index (χ2n) is 4.95. The van der Waals surface area contributed by atoms with Crippen molar-refractivity contribution in [2.24, 2.45) is 7.05 Å². The quantitative estimate of drug-likeness (QED) is 0.761. The van der Waals surface area contributed by atoms with Gasteiger partial charge in [-0.05, 0) is 38.3 Å². The van der Waals surface area contributed by atoms with Gasteiger partial charge in [-0.1, -0.05) is 0 Å². The molecular weight excluding hydrogens is 244 g/mol. The van der Waals surface area contributed by atoms with E-state index in [9.17, 15) is 9.59 Å². The van der Waals surface area contributed by atoms with E-state index in [1.54, 1.807) is 11.0 Å². The fourth-order valence-electron chi connectivity index (χ4n) is 2.53. The lowest BCUT2D eigenvalue weighted by atomic mass is 10.0. The molecule has 104 valence electrons. The van der Waals surface area contributed by atoms with Gasteiger partial charge in [0, 0.05) is 19.3 Å². The molecule has 5 heteroatoms. The molecule has 1 aliphatic rings. The first-order valence-corrected chi connectivity index (χ1v) is 6.57. The van der Waals surface area contributed by atoms with Gasteiger partial charge in [0.25, 0.3) is 5.91 Å². The zero-order chi connectivity index (χ0) is 14.0. The number of amides is 1. The maximum atomic E-state index is 12.6. The molecule has 0 saturated carbocycles. The SMILES string of the molecule is COC(=O)C1CCCCN1C(=O)c1ccc(C)n1C. The molecule has 0 bridgehead atoms. The number of piperidine rings is 1. The van der Waals surface area contributed by atoms with Crippen LogP contribution in [0.5, 0.6) is 0 Å². The molecule has 1 aliphatic heterocycles. The van der Waals surface area contributed by atoms with Crippen LogP contribution in [-0.2, 0) is 16.6 Å². The summed E-state index contributed by atoms with van der Waals surface area (Å²) in [5.41, 5.74) is 1.64. The number of aromatic nitrogens is 1. The number of likely N-dealkylation sites (tertiary alicyclic amines) is 1. The predicted molar refractivity (Wildman–Crippen MR) is 70.8 cm³/mol. The highest BCUT2D eigenvalue weighted by molar-refractivity contribution is 5.95. The molecule has 0 N–H and O–H groups in total. The number of carbonyl (C=O) groups is 2. The van der Waals surface area contributed by atoms with Crippen molar-refractivity contribution in [2.45, 2.75) is 32.2 Å². The number of aryl methyl sites for hydroxylation is 1. The summed E-state index contributed by atoms with van der Waals surface area (Å²) >= 11 is 0. The molecule has 1 atom stereocenters. The Bertz CT molecular complexity index is 493. The summed E-state index contributed by atoms with van der Waals surface area (Å²) in [7, 11) is 3.23. The van der Waals surface area contributed by atoms with Gasteiger partial charge in [0.15, 0.2) is 0 Å². The monoisotopic (exact) mass is 264 g/mol. The molecule has 1 saturated heterocycles. The van der Waals surface area contributed by atoms with E-state index in [-0.39, 0.29) is 11.9 Å². The Morgan fingerprint density at radius 1 is 1.32 bits per heavy atom. The molecule has 1 unspecified atom stereocenters. The first kappa shape index (κ1) is 13.6. The molecule has 2 rings (SSSR count). The van der Waals surface area contributed by atoms with Crippen LogP contribution >= 0.6 is 0 Å². The van der Waals surface area contributed by atoms with Crippen LogP contribution < -0.4 is 0 Å². The number of hydrogen-bond acceptors (Lipinski definition) is 3. The fraction of sp³-hybridized carbons (Fsp3) is 0.571. The normalized spacial score (nSPS) is 19.3. The number of hydrogen-bond donors (Lipinski definition) is 0. The van der Waals surface area contributed by atoms with Crippen LogP contribution in [0, 0.1) is 6.92 Å². The van der Waals surface area contributed by atoms with Gasteiger partial charge in [0.2, 0.25) is 0 Å². The van der Waals surface area contributed by atoms with Crippen molar-refractivity contribution < 1.29 is 14.3 Å². The number of carbonyl (C=O) groups excluding carboxylic acids is 2. The summed E-state index contributed by atoms with van der Waals surface area (Å²) in [6, 6.07) is 3.27. The second-order valence-corrected chi connectivity index (χ2v) is 4.95. The van der Waals surface area contributed by atoms with Crippen LogP contribution in [-0.4, -0.2) is 41.0 Å². The van der Waals surface area contributed by atoms with Gasteiger partial charge in [0.05, 0.1) is 7.11 Å². The lowest BCUT2D eigenvalue weighted by molar-refractivity contribution is -0.147. The van der Waals surface area contributed by atoms with Crippen molar-refractivity contribution in [1.82, 2.24) is 9.47 Å². The molecule has 19 heavy (non-hydrogen) atoms. The summed E-state index contributed by atoms with van der Waals surface area (Å²) < 4.78 is 6.65. The highest BCUT2D eigenvalue weighted by Gasteiger charge is 2.34. The first-order chi connectivity index (χ1) is 9.06. The number of rotatable bonds is 2. The zero-order valence-electron chi connectivity index (χ0n) is 11.7. The third kappa shape index (κ3) is 2.50. The molecule has 1 fully saturated rings. The van der Waals surface area contributed by atoms with Gasteiger partial charge >= 0.3 is 5.97 Å². The standard InChI is InChI=1S/C14H20N2O3/c1-10-7-8-11(15(10)2)13(17)16-9-5-4-6-12(16)14(18)19-3/h7-8,12H,4-6,9H2,1-3H3. The van der Waals surface area contributed by atoms with Gasteiger partial charge in [-0.2, -0.15) is 0 Å². The van der Waals surface area contributed by atoms with Crippen LogP contribution in [0.1, 0.15) is 35.4 Å². The lowest BCUT2D eigenvalue weighted by Gasteiger charge is -2.33. The van der Waals surface area contributed by atoms with Gasteiger partial charge in [-0.25, -0.2) is 4.79 Å². The molecule has 0 aliphatic carbocycles. The van der Waals surface area contributed by atoms with Crippen molar-refractivity contribution in [3.8, 4) is 0 Å². The molecule has 0 radical (unpaired) electrons. The van der Waals surface area contributed by atoms with Gasteiger partial charge < -0.3 is 14.2 Å². The lowest BCUT2D eigenvalue weighted by Crippen LogP contribution is -2.48. The van der Waals surface area contributed by atoms with E-state index in [0.717, 1.165) is 18.5 Å². The van der Waals surface area contributed by atoms with Crippen molar-refractivity contribution in [1.29, 1.82) is 0 Å². The summed E-state index contributed by atoms with van der Waals surface area (Å²) in [5, 5.41) is 0. The number of methoxy groups -OCH3 is 1. The first-order valence-electron chi connectivity index (χ1n) is 6.57. The Morgan fingerprint density at radius 2 is 2.05 bits per heavy atom.